The SMILES string of the molecule is CCCC[C@H](CCO[Si](C)(C)C(C)(C)C)CN(Cc1ccccc1)Cc1ccccc1. The average molecular weight is 440 g/mol. The minimum atomic E-state index is -1.68. The van der Waals surface area contributed by atoms with Crippen LogP contribution >= 0.6 is 0 Å². The molecule has 172 valence electrons. The molecule has 0 N–H and O–H groups in total. The Morgan fingerprint density at radius 1 is 0.839 bits per heavy atom. The van der Waals surface area contributed by atoms with E-state index in [1.807, 2.05) is 0 Å². The Balaban J connectivity index is 2.05. The molecule has 0 bridgehead atoms. The Morgan fingerprint density at radius 3 is 1.81 bits per heavy atom. The molecule has 0 radical (unpaired) electrons. The highest BCUT2D eigenvalue weighted by Crippen LogP contribution is 2.36. The number of hydrogen-bond acceptors (Lipinski definition) is 2. The summed E-state index contributed by atoms with van der Waals surface area (Å²) in [5.41, 5.74) is 2.79. The van der Waals surface area contributed by atoms with E-state index in [4.69, 9.17) is 4.43 Å². The third-order valence-corrected chi connectivity index (χ3v) is 11.3. The first-order valence-electron chi connectivity index (χ1n) is 12.2. The van der Waals surface area contributed by atoms with Crippen molar-refractivity contribution < 1.29 is 4.43 Å². The summed E-state index contributed by atoms with van der Waals surface area (Å²) in [6, 6.07) is 21.8. The zero-order valence-electron chi connectivity index (χ0n) is 20.9. The van der Waals surface area contributed by atoms with Crippen LogP contribution in [0.1, 0.15) is 64.5 Å². The Hall–Kier alpha value is -1.42. The molecule has 0 spiro atoms. The van der Waals surface area contributed by atoms with E-state index in [0.717, 1.165) is 32.7 Å². The monoisotopic (exact) mass is 439 g/mol. The molecule has 0 aliphatic heterocycles. The molecule has 0 saturated carbocycles. The van der Waals surface area contributed by atoms with Crippen molar-refractivity contribution in [3.05, 3.63) is 71.8 Å². The van der Waals surface area contributed by atoms with Gasteiger partial charge in [0, 0.05) is 26.2 Å². The zero-order valence-corrected chi connectivity index (χ0v) is 21.9. The first-order valence-corrected chi connectivity index (χ1v) is 15.1. The van der Waals surface area contributed by atoms with Crippen LogP contribution in [0.25, 0.3) is 0 Å². The molecule has 2 aromatic carbocycles. The van der Waals surface area contributed by atoms with Gasteiger partial charge < -0.3 is 4.43 Å². The van der Waals surface area contributed by atoms with Crippen LogP contribution in [0, 0.1) is 5.92 Å². The third-order valence-electron chi connectivity index (χ3n) is 6.78. The van der Waals surface area contributed by atoms with Gasteiger partial charge in [-0.15, -0.1) is 0 Å². The van der Waals surface area contributed by atoms with E-state index in [1.165, 1.54) is 30.4 Å². The van der Waals surface area contributed by atoms with Crippen molar-refractivity contribution in [3.63, 3.8) is 0 Å². The van der Waals surface area contributed by atoms with Crippen molar-refractivity contribution in [2.45, 2.75) is 84.6 Å². The topological polar surface area (TPSA) is 12.5 Å². The van der Waals surface area contributed by atoms with Gasteiger partial charge in [0.05, 0.1) is 0 Å². The second-order valence-corrected chi connectivity index (χ2v) is 15.4. The second-order valence-electron chi connectivity index (χ2n) is 10.5. The predicted molar refractivity (Wildman–Crippen MR) is 138 cm³/mol. The first kappa shape index (κ1) is 25.8. The molecule has 0 aromatic heterocycles. The Bertz CT molecular complexity index is 682. The number of benzene rings is 2. The van der Waals surface area contributed by atoms with Crippen molar-refractivity contribution in [2.75, 3.05) is 13.2 Å². The first-order chi connectivity index (χ1) is 14.7. The molecule has 0 amide bonds. The van der Waals surface area contributed by atoms with E-state index in [1.54, 1.807) is 0 Å². The second kappa shape index (κ2) is 12.6. The molecule has 2 rings (SSSR count). The highest BCUT2D eigenvalue weighted by atomic mass is 28.4. The largest absolute Gasteiger partial charge is 0.417 e. The van der Waals surface area contributed by atoms with Crippen molar-refractivity contribution in [1.82, 2.24) is 4.90 Å². The van der Waals surface area contributed by atoms with Gasteiger partial charge in [0.1, 0.15) is 0 Å². The summed E-state index contributed by atoms with van der Waals surface area (Å²) in [5.74, 6) is 0.678. The maximum atomic E-state index is 6.54. The molecule has 1 atom stereocenters. The van der Waals surface area contributed by atoms with Crippen LogP contribution in [-0.4, -0.2) is 26.4 Å². The third kappa shape index (κ3) is 9.30. The normalized spacial score (nSPS) is 13.5. The highest BCUT2D eigenvalue weighted by molar-refractivity contribution is 6.74. The van der Waals surface area contributed by atoms with Crippen molar-refractivity contribution in [3.8, 4) is 0 Å². The fourth-order valence-electron chi connectivity index (χ4n) is 3.75. The van der Waals surface area contributed by atoms with Gasteiger partial charge in [-0.1, -0.05) is 101 Å². The van der Waals surface area contributed by atoms with Gasteiger partial charge in [-0.25, -0.2) is 0 Å². The molecular weight excluding hydrogens is 394 g/mol. The quantitative estimate of drug-likeness (QED) is 0.294. The summed E-state index contributed by atoms with van der Waals surface area (Å²) in [6.07, 6.45) is 5.01. The van der Waals surface area contributed by atoms with Crippen LogP contribution in [0.5, 0.6) is 0 Å². The molecule has 0 aliphatic carbocycles. The molecule has 2 aromatic rings. The Labute approximate surface area is 193 Å². The van der Waals surface area contributed by atoms with Crippen LogP contribution in [0.15, 0.2) is 60.7 Å². The van der Waals surface area contributed by atoms with Gasteiger partial charge in [0.2, 0.25) is 0 Å². The molecule has 0 saturated heterocycles. The number of unbranched alkanes of at least 4 members (excludes halogenated alkanes) is 1. The summed E-state index contributed by atoms with van der Waals surface area (Å²) in [4.78, 5) is 2.64. The minimum Gasteiger partial charge on any atom is -0.417 e. The lowest BCUT2D eigenvalue weighted by molar-refractivity contribution is 0.176. The van der Waals surface area contributed by atoms with Gasteiger partial charge in [-0.3, -0.25) is 4.90 Å². The van der Waals surface area contributed by atoms with Crippen LogP contribution < -0.4 is 0 Å². The van der Waals surface area contributed by atoms with Crippen molar-refractivity contribution in [2.24, 2.45) is 5.92 Å². The number of nitrogens with zero attached hydrogens (tertiary/aromatic N) is 1. The minimum absolute atomic E-state index is 0.276. The van der Waals surface area contributed by atoms with Crippen molar-refractivity contribution >= 4 is 8.32 Å². The zero-order chi connectivity index (χ0) is 22.7. The number of hydrogen-bond donors (Lipinski definition) is 0. The van der Waals surface area contributed by atoms with Gasteiger partial charge in [0.25, 0.3) is 0 Å². The van der Waals surface area contributed by atoms with E-state index in [9.17, 15) is 0 Å². The molecule has 0 heterocycles. The fourth-order valence-corrected chi connectivity index (χ4v) is 4.81. The molecule has 3 heteroatoms. The van der Waals surface area contributed by atoms with Gasteiger partial charge in [0.15, 0.2) is 8.32 Å². The van der Waals surface area contributed by atoms with Crippen LogP contribution in [-0.2, 0) is 17.5 Å². The predicted octanol–water partition coefficient (Wildman–Crippen LogP) is 7.91. The molecule has 0 fully saturated rings. The van der Waals surface area contributed by atoms with Crippen LogP contribution in [0.3, 0.4) is 0 Å². The van der Waals surface area contributed by atoms with E-state index < -0.39 is 8.32 Å². The molecule has 31 heavy (non-hydrogen) atoms. The standard InChI is InChI=1S/C28H45NOSi/c1-7-8-15-27(20-21-30-31(5,6)28(2,3)4)24-29(22-25-16-11-9-12-17-25)23-26-18-13-10-14-19-26/h9-14,16-19,27H,7-8,15,20-24H2,1-6H3/t27-/m1/s1. The number of rotatable bonds is 13. The lowest BCUT2D eigenvalue weighted by Gasteiger charge is -2.37. The lowest BCUT2D eigenvalue weighted by Crippen LogP contribution is -2.41. The summed E-state index contributed by atoms with van der Waals surface area (Å²) < 4.78 is 6.54. The molecule has 0 aliphatic rings. The molecule has 2 nitrogen and oxygen atoms in total. The molecular formula is C28H45NOSi. The summed E-state index contributed by atoms with van der Waals surface area (Å²) >= 11 is 0. The Kier molecular flexibility index (Phi) is 10.5. The highest BCUT2D eigenvalue weighted by Gasteiger charge is 2.37. The van der Waals surface area contributed by atoms with Crippen LogP contribution in [0.2, 0.25) is 18.1 Å². The average Bonchev–Trinajstić information content (AvgIpc) is 2.72. The summed E-state index contributed by atoms with van der Waals surface area (Å²) in [5, 5.41) is 0.276. The van der Waals surface area contributed by atoms with Crippen LogP contribution in [0.4, 0.5) is 0 Å². The smallest absolute Gasteiger partial charge is 0.191 e. The van der Waals surface area contributed by atoms with E-state index >= 15 is 0 Å². The van der Waals surface area contributed by atoms with Crippen molar-refractivity contribution in [1.29, 1.82) is 0 Å². The Morgan fingerprint density at radius 2 is 1.35 bits per heavy atom. The summed E-state index contributed by atoms with van der Waals surface area (Å²) in [7, 11) is -1.68. The lowest BCUT2D eigenvalue weighted by atomic mass is 9.97. The fraction of sp³-hybridized carbons (Fsp3) is 0.571. The van der Waals surface area contributed by atoms with Gasteiger partial charge in [-0.05, 0) is 48.0 Å². The van der Waals surface area contributed by atoms with E-state index in [0.29, 0.717) is 5.92 Å². The maximum absolute atomic E-state index is 6.54. The van der Waals surface area contributed by atoms with Gasteiger partial charge >= 0.3 is 0 Å². The van der Waals surface area contributed by atoms with E-state index in [2.05, 4.69) is 106 Å². The molecule has 0 unspecified atom stereocenters. The summed E-state index contributed by atoms with van der Waals surface area (Å²) in [6.45, 7) is 18.0. The van der Waals surface area contributed by atoms with E-state index in [-0.39, 0.29) is 5.04 Å². The van der Waals surface area contributed by atoms with Gasteiger partial charge in [-0.2, -0.15) is 0 Å². The maximum Gasteiger partial charge on any atom is 0.191 e.